The number of rotatable bonds is 0. The zero-order valence-electron chi connectivity index (χ0n) is 3.31. The van der Waals surface area contributed by atoms with Crippen LogP contribution in [-0.4, -0.2) is 15.4 Å². The molecule has 3 nitrogen and oxygen atoms in total. The first-order valence-corrected chi connectivity index (χ1v) is 3.07. The van der Waals surface area contributed by atoms with E-state index in [0.29, 0.717) is 0 Å². The van der Waals surface area contributed by atoms with Gasteiger partial charge in [0.15, 0.2) is 0 Å². The summed E-state index contributed by atoms with van der Waals surface area (Å²) in [5.74, 6) is 0. The summed E-state index contributed by atoms with van der Waals surface area (Å²) in [6.45, 7) is 0. The Labute approximate surface area is 53.5 Å². The Morgan fingerprint density at radius 3 is 2.43 bits per heavy atom. The Bertz CT molecular complexity index is 69.4. The molecule has 0 aliphatic heterocycles. The van der Waals surface area contributed by atoms with Gasteiger partial charge >= 0.3 is 25.2 Å². The predicted octanol–water partition coefficient (Wildman–Crippen LogP) is 0.492. The van der Waals surface area contributed by atoms with Crippen molar-refractivity contribution >= 4 is 10.1 Å². The van der Waals surface area contributed by atoms with Crippen LogP contribution >= 0.6 is 10.1 Å². The Morgan fingerprint density at radius 1 is 1.57 bits per heavy atom. The first kappa shape index (κ1) is 6.95. The Balaban J connectivity index is 0.000000162. The Morgan fingerprint density at radius 2 is 2.29 bits per heavy atom. The molecule has 1 aromatic rings. The van der Waals surface area contributed by atoms with Crippen molar-refractivity contribution in [2.75, 3.05) is 0 Å². The second-order valence-electron chi connectivity index (χ2n) is 0.660. The molecule has 0 aromatic carbocycles. The van der Waals surface area contributed by atoms with E-state index in [9.17, 15) is 0 Å². The van der Waals surface area contributed by atoms with Crippen molar-refractivity contribution in [3.8, 4) is 0 Å². The summed E-state index contributed by atoms with van der Waals surface area (Å²) >= 11 is 2.41. The van der Waals surface area contributed by atoms with Crippen molar-refractivity contribution < 1.29 is 15.1 Å². The van der Waals surface area contributed by atoms with Crippen LogP contribution < -0.4 is 0 Å². The van der Waals surface area contributed by atoms with E-state index in [1.165, 1.54) is 0 Å². The maximum atomic E-state index is 4.45. The van der Waals surface area contributed by atoms with E-state index in [1.807, 2.05) is 0 Å². The van der Waals surface area contributed by atoms with Gasteiger partial charge in [0.1, 0.15) is 0 Å². The molecule has 0 amide bonds. The third-order valence-corrected chi connectivity index (χ3v) is 0.331. The zero-order valence-corrected chi connectivity index (χ0v) is 5.24. The summed E-state index contributed by atoms with van der Waals surface area (Å²) in [5, 5.41) is 9.26. The van der Waals surface area contributed by atoms with Gasteiger partial charge in [-0.1, -0.05) is 5.21 Å². The number of hydrogen-bond acceptors (Lipinski definition) is 2. The number of aromatic nitrogens is 3. The van der Waals surface area contributed by atoms with Gasteiger partial charge in [0, 0.05) is 6.20 Å². The van der Waals surface area contributed by atoms with Crippen LogP contribution in [0.3, 0.4) is 0 Å². The first-order chi connectivity index (χ1) is 3.50. The van der Waals surface area contributed by atoms with Crippen LogP contribution in [0.4, 0.5) is 0 Å². The van der Waals surface area contributed by atoms with Crippen LogP contribution in [0.5, 0.6) is 0 Å². The molecule has 0 atom stereocenters. The van der Waals surface area contributed by atoms with E-state index in [0.717, 1.165) is 0 Å². The first-order valence-electron chi connectivity index (χ1n) is 1.45. The van der Waals surface area contributed by atoms with Gasteiger partial charge in [-0.05, 0) is 0 Å². The molecule has 0 unspecified atom stereocenters. The molecule has 0 spiro atoms. The smallest absolute Gasteiger partial charge is 0.0690 e. The summed E-state index contributed by atoms with van der Waals surface area (Å²) in [4.78, 5) is 0. The molecule has 1 aromatic heterocycles. The van der Waals surface area contributed by atoms with Crippen LogP contribution in [0.25, 0.3) is 0 Å². The fraction of sp³-hybridized carbons (Fsp3) is 0. The molecule has 0 bridgehead atoms. The number of hydrogen-bond donors (Lipinski definition) is 1. The second-order valence-corrected chi connectivity index (χ2v) is 0.660. The monoisotopic (exact) mass is 159 g/mol. The van der Waals surface area contributed by atoms with Gasteiger partial charge in [0.25, 0.3) is 0 Å². The fourth-order valence-corrected chi connectivity index (χ4v) is 0.167. The summed E-state index contributed by atoms with van der Waals surface area (Å²) < 4.78 is 0. The summed E-state index contributed by atoms with van der Waals surface area (Å²) in [7, 11) is 4.45. The summed E-state index contributed by atoms with van der Waals surface area (Å²) in [5.41, 5.74) is 0. The molecule has 1 heterocycles. The quantitative estimate of drug-likeness (QED) is 0.560. The minimum absolute atomic E-state index is 1.58. The number of nitrogens with one attached hydrogen (secondary N) is 1. The number of H-pyrrole nitrogens is 1. The molecule has 40 valence electrons. The molecule has 0 fully saturated rings. The molecule has 1 rings (SSSR count). The number of halogens is 1. The molecular formula is C2H3ClMnN3. The topological polar surface area (TPSA) is 41.6 Å². The largest absolute Gasteiger partial charge is 0.266 e. The van der Waals surface area contributed by atoms with E-state index in [4.69, 9.17) is 0 Å². The number of aromatic amines is 1. The fourth-order valence-electron chi connectivity index (χ4n) is 0.167. The predicted molar refractivity (Wildman–Crippen MR) is 22.2 cm³/mol. The van der Waals surface area contributed by atoms with Crippen molar-refractivity contribution in [1.29, 1.82) is 0 Å². The van der Waals surface area contributed by atoms with E-state index in [1.54, 1.807) is 12.4 Å². The zero-order chi connectivity index (χ0) is 5.54. The van der Waals surface area contributed by atoms with Crippen LogP contribution in [0.2, 0.25) is 0 Å². The molecule has 1 N–H and O–H groups in total. The summed E-state index contributed by atoms with van der Waals surface area (Å²) in [6, 6.07) is 0. The van der Waals surface area contributed by atoms with Gasteiger partial charge in [-0.15, -0.1) is 5.10 Å². The average molecular weight is 159 g/mol. The summed E-state index contributed by atoms with van der Waals surface area (Å²) in [6.07, 6.45) is 3.24. The van der Waals surface area contributed by atoms with Gasteiger partial charge in [-0.2, -0.15) is 0 Å². The Hall–Kier alpha value is -0.0505. The van der Waals surface area contributed by atoms with Crippen LogP contribution in [0, 0.1) is 0 Å². The van der Waals surface area contributed by atoms with Gasteiger partial charge in [-0.25, -0.2) is 0 Å². The molecule has 0 aliphatic rings. The number of nitrogens with zero attached hydrogens (tertiary/aromatic N) is 2. The third kappa shape index (κ3) is 3.79. The van der Waals surface area contributed by atoms with E-state index in [-0.39, 0.29) is 0 Å². The van der Waals surface area contributed by atoms with Gasteiger partial charge in [0.05, 0.1) is 6.20 Å². The second kappa shape index (κ2) is 5.95. The van der Waals surface area contributed by atoms with Crippen molar-refractivity contribution in [3.63, 3.8) is 0 Å². The SMILES string of the molecule is [Cl][Mn].c1c[nH]nn1. The van der Waals surface area contributed by atoms with Crippen molar-refractivity contribution in [1.82, 2.24) is 15.4 Å². The van der Waals surface area contributed by atoms with E-state index >= 15 is 0 Å². The third-order valence-electron chi connectivity index (χ3n) is 0.331. The van der Waals surface area contributed by atoms with Crippen LogP contribution in [0.15, 0.2) is 12.4 Å². The Kier molecular flexibility index (Phi) is 5.91. The van der Waals surface area contributed by atoms with Crippen molar-refractivity contribution in [2.45, 2.75) is 0 Å². The van der Waals surface area contributed by atoms with Crippen LogP contribution in [0.1, 0.15) is 0 Å². The molecule has 0 radical (unpaired) electrons. The van der Waals surface area contributed by atoms with E-state index < -0.39 is 0 Å². The molecule has 0 saturated carbocycles. The minimum Gasteiger partial charge on any atom is -0.266 e. The molecule has 0 aliphatic carbocycles. The maximum Gasteiger partial charge on any atom is 0.0690 e. The maximum absolute atomic E-state index is 4.45. The van der Waals surface area contributed by atoms with Gasteiger partial charge < -0.3 is 0 Å². The van der Waals surface area contributed by atoms with Gasteiger partial charge in [-0.3, -0.25) is 5.10 Å². The molecule has 0 saturated heterocycles. The van der Waals surface area contributed by atoms with Gasteiger partial charge in [0.2, 0.25) is 0 Å². The minimum atomic E-state index is 1.58. The van der Waals surface area contributed by atoms with Crippen molar-refractivity contribution in [2.24, 2.45) is 0 Å². The normalized spacial score (nSPS) is 6.57. The molecule has 7 heavy (non-hydrogen) atoms. The average Bonchev–Trinajstić information content (AvgIpc) is 2.23. The van der Waals surface area contributed by atoms with E-state index in [2.05, 4.69) is 40.6 Å². The van der Waals surface area contributed by atoms with Crippen LogP contribution in [-0.2, 0) is 15.1 Å². The van der Waals surface area contributed by atoms with Crippen molar-refractivity contribution in [3.05, 3.63) is 12.4 Å². The molecular weight excluding hydrogens is 156 g/mol. The standard InChI is InChI=1S/C2H3N3.ClH.Mn/c1-2-4-5-3-1;;/h1-2H,(H,3,4,5);1H;/q;;+1/p-1. The molecule has 5 heteroatoms.